The van der Waals surface area contributed by atoms with Gasteiger partial charge in [0.2, 0.25) is 0 Å². The van der Waals surface area contributed by atoms with Gasteiger partial charge in [-0.05, 0) is 32.1 Å². The molecule has 0 aromatic carbocycles. The normalized spacial score (nSPS) is 18.5. The third-order valence-corrected chi connectivity index (χ3v) is 3.02. The average Bonchev–Trinajstić information content (AvgIpc) is 2.47. The van der Waals surface area contributed by atoms with Crippen LogP contribution in [0, 0.1) is 0 Å². The minimum absolute atomic E-state index is 0.0228. The summed E-state index contributed by atoms with van der Waals surface area (Å²) in [6, 6.07) is 0. The highest BCUT2D eigenvalue weighted by atomic mass is 16.5. The van der Waals surface area contributed by atoms with Gasteiger partial charge in [0.1, 0.15) is 5.76 Å². The Labute approximate surface area is 114 Å². The molecule has 0 aromatic rings. The standard InChI is InChI=1S/C14H22N2O3/c1-4-13(17)12(14(18)15-3)6-5-11(2)16-7-9-19-10-8-16/h4-6,17H,7-10H2,1-3H3,(H,15,18)/b11-5+,12-6+,13-4+. The number of hydrogen-bond acceptors (Lipinski definition) is 4. The van der Waals surface area contributed by atoms with Crippen molar-refractivity contribution in [3.05, 3.63) is 35.3 Å². The fourth-order valence-corrected chi connectivity index (χ4v) is 1.79. The first-order valence-corrected chi connectivity index (χ1v) is 6.39. The van der Waals surface area contributed by atoms with Crippen LogP contribution in [0.2, 0.25) is 0 Å². The van der Waals surface area contributed by atoms with Crippen molar-refractivity contribution >= 4 is 5.91 Å². The number of ether oxygens (including phenoxy) is 1. The summed E-state index contributed by atoms with van der Waals surface area (Å²) in [7, 11) is 1.54. The topological polar surface area (TPSA) is 61.8 Å². The van der Waals surface area contributed by atoms with Gasteiger partial charge >= 0.3 is 0 Å². The Hall–Kier alpha value is -1.75. The molecule has 1 aliphatic rings. The first-order valence-electron chi connectivity index (χ1n) is 6.39. The molecular formula is C14H22N2O3. The average molecular weight is 266 g/mol. The summed E-state index contributed by atoms with van der Waals surface area (Å²) < 4.78 is 5.29. The van der Waals surface area contributed by atoms with Crippen molar-refractivity contribution in [1.82, 2.24) is 10.2 Å². The van der Waals surface area contributed by atoms with Gasteiger partial charge in [-0.25, -0.2) is 0 Å². The van der Waals surface area contributed by atoms with E-state index in [1.807, 2.05) is 13.0 Å². The second kappa shape index (κ2) is 7.63. The molecule has 5 heteroatoms. The number of aliphatic hydroxyl groups is 1. The maximum absolute atomic E-state index is 11.7. The molecule has 1 heterocycles. The van der Waals surface area contributed by atoms with Gasteiger partial charge in [-0.1, -0.05) is 0 Å². The zero-order chi connectivity index (χ0) is 14.3. The predicted octanol–water partition coefficient (Wildman–Crippen LogP) is 1.36. The molecule has 1 amide bonds. The second-order valence-electron chi connectivity index (χ2n) is 4.24. The number of rotatable bonds is 4. The Morgan fingerprint density at radius 2 is 1.95 bits per heavy atom. The Morgan fingerprint density at radius 3 is 2.47 bits per heavy atom. The van der Waals surface area contributed by atoms with Crippen LogP contribution in [-0.4, -0.2) is 49.3 Å². The van der Waals surface area contributed by atoms with Gasteiger partial charge < -0.3 is 20.1 Å². The number of amides is 1. The molecule has 1 rings (SSSR count). The molecule has 1 fully saturated rings. The molecule has 0 aromatic heterocycles. The Kier molecular flexibility index (Phi) is 6.15. The Morgan fingerprint density at radius 1 is 1.32 bits per heavy atom. The van der Waals surface area contributed by atoms with Gasteiger partial charge in [0.05, 0.1) is 18.8 Å². The minimum atomic E-state index is -0.304. The molecule has 0 saturated carbocycles. The van der Waals surface area contributed by atoms with Crippen LogP contribution in [-0.2, 0) is 9.53 Å². The molecule has 19 heavy (non-hydrogen) atoms. The molecule has 106 valence electrons. The summed E-state index contributed by atoms with van der Waals surface area (Å²) in [4.78, 5) is 13.8. The molecule has 5 nitrogen and oxygen atoms in total. The number of nitrogens with one attached hydrogen (secondary N) is 1. The van der Waals surface area contributed by atoms with Crippen molar-refractivity contribution in [3.63, 3.8) is 0 Å². The maximum Gasteiger partial charge on any atom is 0.254 e. The van der Waals surface area contributed by atoms with Gasteiger partial charge in [-0.3, -0.25) is 4.79 Å². The quantitative estimate of drug-likeness (QED) is 0.458. The Balaban J connectivity index is 2.86. The van der Waals surface area contributed by atoms with E-state index in [1.54, 1.807) is 13.0 Å². The third-order valence-electron chi connectivity index (χ3n) is 3.02. The highest BCUT2D eigenvalue weighted by Crippen LogP contribution is 2.11. The highest BCUT2D eigenvalue weighted by Gasteiger charge is 2.12. The summed E-state index contributed by atoms with van der Waals surface area (Å²) in [5.41, 5.74) is 1.31. The number of aliphatic hydroxyl groups excluding tert-OH is 1. The molecule has 0 spiro atoms. The van der Waals surface area contributed by atoms with Crippen LogP contribution >= 0.6 is 0 Å². The van der Waals surface area contributed by atoms with E-state index < -0.39 is 0 Å². The predicted molar refractivity (Wildman–Crippen MR) is 74.7 cm³/mol. The van der Waals surface area contributed by atoms with Crippen molar-refractivity contribution in [2.75, 3.05) is 33.4 Å². The van der Waals surface area contributed by atoms with Gasteiger partial charge in [0.25, 0.3) is 5.91 Å². The SMILES string of the molecule is C\C=C(O)/C(=C\C=C(/C)N1CCOCC1)C(=O)NC. The van der Waals surface area contributed by atoms with Crippen LogP contribution < -0.4 is 5.32 Å². The van der Waals surface area contributed by atoms with Gasteiger partial charge in [-0.2, -0.15) is 0 Å². The minimum Gasteiger partial charge on any atom is -0.507 e. The van der Waals surface area contributed by atoms with Gasteiger partial charge in [0.15, 0.2) is 0 Å². The number of likely N-dealkylation sites (N-methyl/N-ethyl adjacent to an activating group) is 1. The number of allylic oxidation sites excluding steroid dienone is 4. The summed E-state index contributed by atoms with van der Waals surface area (Å²) in [5, 5.41) is 12.2. The molecule has 0 bridgehead atoms. The first kappa shape index (κ1) is 15.3. The van der Waals surface area contributed by atoms with E-state index >= 15 is 0 Å². The van der Waals surface area contributed by atoms with Crippen molar-refractivity contribution in [2.45, 2.75) is 13.8 Å². The second-order valence-corrected chi connectivity index (χ2v) is 4.24. The number of morpholine rings is 1. The molecule has 0 aliphatic carbocycles. The van der Waals surface area contributed by atoms with E-state index in [1.165, 1.54) is 13.1 Å². The zero-order valence-corrected chi connectivity index (χ0v) is 11.8. The van der Waals surface area contributed by atoms with Crippen LogP contribution in [0.5, 0.6) is 0 Å². The molecular weight excluding hydrogens is 244 g/mol. The zero-order valence-electron chi connectivity index (χ0n) is 11.8. The summed E-state index contributed by atoms with van der Waals surface area (Å²) in [6.45, 7) is 6.80. The fourth-order valence-electron chi connectivity index (χ4n) is 1.79. The van der Waals surface area contributed by atoms with Gasteiger partial charge in [0, 0.05) is 25.8 Å². The molecule has 2 N–H and O–H groups in total. The lowest BCUT2D eigenvalue weighted by Crippen LogP contribution is -2.34. The lowest BCUT2D eigenvalue weighted by atomic mass is 10.1. The van der Waals surface area contributed by atoms with Crippen LogP contribution in [0.3, 0.4) is 0 Å². The molecule has 0 unspecified atom stereocenters. The first-order chi connectivity index (χ1) is 9.10. The number of hydrogen-bond donors (Lipinski definition) is 2. The van der Waals surface area contributed by atoms with Crippen LogP contribution in [0.1, 0.15) is 13.8 Å². The highest BCUT2D eigenvalue weighted by molar-refractivity contribution is 5.97. The number of carbonyl (C=O) groups is 1. The molecule has 0 atom stereocenters. The van der Waals surface area contributed by atoms with E-state index in [-0.39, 0.29) is 17.2 Å². The van der Waals surface area contributed by atoms with Crippen molar-refractivity contribution in [3.8, 4) is 0 Å². The third kappa shape index (κ3) is 4.44. The van der Waals surface area contributed by atoms with Crippen LogP contribution in [0.4, 0.5) is 0 Å². The van der Waals surface area contributed by atoms with E-state index in [9.17, 15) is 9.90 Å². The molecule has 0 radical (unpaired) electrons. The summed E-state index contributed by atoms with van der Waals surface area (Å²) in [5.74, 6) is -0.327. The maximum atomic E-state index is 11.7. The van der Waals surface area contributed by atoms with Crippen LogP contribution in [0.25, 0.3) is 0 Å². The Bertz CT molecular complexity index is 405. The van der Waals surface area contributed by atoms with Crippen molar-refractivity contribution in [2.24, 2.45) is 0 Å². The van der Waals surface area contributed by atoms with E-state index in [0.717, 1.165) is 32.0 Å². The molecule has 1 saturated heterocycles. The van der Waals surface area contributed by atoms with Gasteiger partial charge in [-0.15, -0.1) is 0 Å². The van der Waals surface area contributed by atoms with E-state index in [4.69, 9.17) is 4.74 Å². The molecule has 1 aliphatic heterocycles. The lowest BCUT2D eigenvalue weighted by molar-refractivity contribution is -0.117. The summed E-state index contributed by atoms with van der Waals surface area (Å²) in [6.07, 6.45) is 4.98. The fraction of sp³-hybridized carbons (Fsp3) is 0.500. The van der Waals surface area contributed by atoms with Crippen LogP contribution in [0.15, 0.2) is 35.3 Å². The lowest BCUT2D eigenvalue weighted by Gasteiger charge is -2.29. The summed E-state index contributed by atoms with van der Waals surface area (Å²) >= 11 is 0. The number of carbonyl (C=O) groups excluding carboxylic acids is 1. The van der Waals surface area contributed by atoms with E-state index in [0.29, 0.717) is 0 Å². The van der Waals surface area contributed by atoms with E-state index in [2.05, 4.69) is 10.2 Å². The van der Waals surface area contributed by atoms with Crippen molar-refractivity contribution in [1.29, 1.82) is 0 Å². The smallest absolute Gasteiger partial charge is 0.254 e. The monoisotopic (exact) mass is 266 g/mol. The number of nitrogens with zero attached hydrogens (tertiary/aromatic N) is 1. The van der Waals surface area contributed by atoms with Crippen molar-refractivity contribution < 1.29 is 14.6 Å². The largest absolute Gasteiger partial charge is 0.507 e.